The van der Waals surface area contributed by atoms with Crippen molar-refractivity contribution in [2.75, 3.05) is 0 Å². The van der Waals surface area contributed by atoms with E-state index in [0.717, 1.165) is 5.56 Å². The van der Waals surface area contributed by atoms with Crippen molar-refractivity contribution in [3.63, 3.8) is 0 Å². The fourth-order valence-corrected chi connectivity index (χ4v) is 1.56. The minimum atomic E-state index is -0.265. The van der Waals surface area contributed by atoms with E-state index in [1.807, 2.05) is 12.1 Å². The van der Waals surface area contributed by atoms with E-state index in [9.17, 15) is 4.39 Å². The predicted octanol–water partition coefficient (Wildman–Crippen LogP) is 2.91. The summed E-state index contributed by atoms with van der Waals surface area (Å²) in [5.41, 5.74) is 6.24. The fraction of sp³-hybridized carbons (Fsp3) is 0.0833. The molecule has 0 fully saturated rings. The van der Waals surface area contributed by atoms with Gasteiger partial charge >= 0.3 is 0 Å². The quantitative estimate of drug-likeness (QED) is 0.831. The number of hydrogen-bond acceptors (Lipinski definition) is 2. The van der Waals surface area contributed by atoms with Crippen LogP contribution in [-0.2, 0) is 6.42 Å². The summed E-state index contributed by atoms with van der Waals surface area (Å²) in [5.74, 6) is 1.14. The van der Waals surface area contributed by atoms with Crippen LogP contribution in [0.5, 0.6) is 0 Å². The van der Waals surface area contributed by atoms with Crippen LogP contribution in [0.4, 0.5) is 4.39 Å². The van der Waals surface area contributed by atoms with E-state index in [1.165, 1.54) is 12.1 Å². The topological polar surface area (TPSA) is 39.2 Å². The lowest BCUT2D eigenvalue weighted by atomic mass is 10.2. The van der Waals surface area contributed by atoms with Gasteiger partial charge in [0.2, 0.25) is 0 Å². The molecule has 2 nitrogen and oxygen atoms in total. The third-order valence-corrected chi connectivity index (χ3v) is 2.28. The largest absolute Gasteiger partial charge is 0.461 e. The van der Waals surface area contributed by atoms with Crippen LogP contribution in [0, 0.1) is 5.82 Å². The molecule has 0 radical (unpaired) electrons. The zero-order valence-electron chi connectivity index (χ0n) is 8.44. The normalized spacial score (nSPS) is 10.3. The van der Waals surface area contributed by atoms with Gasteiger partial charge in [-0.15, -0.1) is 0 Å². The van der Waals surface area contributed by atoms with Crippen molar-refractivity contribution in [3.05, 3.63) is 48.0 Å². The van der Waals surface area contributed by atoms with Crippen molar-refractivity contribution in [2.24, 2.45) is 5.73 Å². The van der Waals surface area contributed by atoms with Crippen LogP contribution >= 0.6 is 12.2 Å². The maximum absolute atomic E-state index is 12.7. The first-order chi connectivity index (χ1) is 7.65. The Kier molecular flexibility index (Phi) is 3.01. The van der Waals surface area contributed by atoms with Gasteiger partial charge < -0.3 is 10.2 Å². The van der Waals surface area contributed by atoms with Crippen LogP contribution in [0.1, 0.15) is 5.76 Å². The van der Waals surface area contributed by atoms with Crippen molar-refractivity contribution in [2.45, 2.75) is 6.42 Å². The van der Waals surface area contributed by atoms with Crippen LogP contribution in [-0.4, -0.2) is 4.99 Å². The highest BCUT2D eigenvalue weighted by atomic mass is 32.1. The predicted molar refractivity (Wildman–Crippen MR) is 64.6 cm³/mol. The van der Waals surface area contributed by atoms with Gasteiger partial charge in [0.05, 0.1) is 11.4 Å². The third-order valence-electron chi connectivity index (χ3n) is 2.14. The first-order valence-corrected chi connectivity index (χ1v) is 5.19. The molecule has 0 saturated carbocycles. The standard InChI is InChI=1S/C12H10FNOS/c13-9-3-1-8(2-4-9)11-6-5-10(15-11)7-12(14)16/h1-6H,7H2,(H2,14,16). The van der Waals surface area contributed by atoms with Gasteiger partial charge in [-0.05, 0) is 36.4 Å². The number of halogens is 1. The van der Waals surface area contributed by atoms with E-state index < -0.39 is 0 Å². The molecule has 1 heterocycles. The zero-order chi connectivity index (χ0) is 11.5. The summed E-state index contributed by atoms with van der Waals surface area (Å²) >= 11 is 4.79. The van der Waals surface area contributed by atoms with E-state index in [0.29, 0.717) is 22.9 Å². The number of rotatable bonds is 3. The molecule has 0 aliphatic carbocycles. The minimum Gasteiger partial charge on any atom is -0.461 e. The molecular weight excluding hydrogens is 225 g/mol. The molecule has 4 heteroatoms. The maximum Gasteiger partial charge on any atom is 0.134 e. The summed E-state index contributed by atoms with van der Waals surface area (Å²) in [6.45, 7) is 0. The molecule has 0 bridgehead atoms. The Morgan fingerprint density at radius 1 is 1.19 bits per heavy atom. The Hall–Kier alpha value is -1.68. The average molecular weight is 235 g/mol. The van der Waals surface area contributed by atoms with E-state index in [1.54, 1.807) is 12.1 Å². The van der Waals surface area contributed by atoms with Crippen LogP contribution in [0.3, 0.4) is 0 Å². The average Bonchev–Trinajstić information content (AvgIpc) is 2.66. The van der Waals surface area contributed by atoms with Crippen LogP contribution in [0.2, 0.25) is 0 Å². The SMILES string of the molecule is NC(=S)Cc1ccc(-c2ccc(F)cc2)o1. The Balaban J connectivity index is 2.24. The molecule has 2 aromatic rings. The first kappa shape index (κ1) is 10.8. The van der Waals surface area contributed by atoms with Crippen LogP contribution in [0.15, 0.2) is 40.8 Å². The van der Waals surface area contributed by atoms with Gasteiger partial charge in [-0.2, -0.15) is 0 Å². The molecule has 0 saturated heterocycles. The molecule has 0 aliphatic rings. The molecule has 2 N–H and O–H groups in total. The lowest BCUT2D eigenvalue weighted by Gasteiger charge is -1.97. The molecule has 1 aromatic heterocycles. The Morgan fingerprint density at radius 2 is 1.88 bits per heavy atom. The van der Waals surface area contributed by atoms with Gasteiger partial charge in [-0.1, -0.05) is 12.2 Å². The molecule has 0 atom stereocenters. The number of benzene rings is 1. The van der Waals surface area contributed by atoms with Crippen molar-refractivity contribution in [1.29, 1.82) is 0 Å². The second kappa shape index (κ2) is 4.45. The molecule has 1 aromatic carbocycles. The summed E-state index contributed by atoms with van der Waals surface area (Å²) in [6, 6.07) is 9.76. The van der Waals surface area contributed by atoms with Gasteiger partial charge in [-0.25, -0.2) is 4.39 Å². The van der Waals surface area contributed by atoms with Crippen molar-refractivity contribution >= 4 is 17.2 Å². The number of thiocarbonyl (C=S) groups is 1. The first-order valence-electron chi connectivity index (χ1n) is 4.78. The van der Waals surface area contributed by atoms with Gasteiger partial charge in [0.1, 0.15) is 17.3 Å². The molecule has 2 rings (SSSR count). The second-order valence-electron chi connectivity index (χ2n) is 3.42. The number of nitrogens with two attached hydrogens (primary N) is 1. The summed E-state index contributed by atoms with van der Waals surface area (Å²) in [4.78, 5) is 0.389. The molecule has 0 amide bonds. The lowest BCUT2D eigenvalue weighted by Crippen LogP contribution is -2.10. The monoisotopic (exact) mass is 235 g/mol. The molecule has 82 valence electrons. The summed E-state index contributed by atoms with van der Waals surface area (Å²) in [5, 5.41) is 0. The molecule has 0 unspecified atom stereocenters. The van der Waals surface area contributed by atoms with E-state index in [2.05, 4.69) is 0 Å². The smallest absolute Gasteiger partial charge is 0.134 e. The van der Waals surface area contributed by atoms with Crippen LogP contribution < -0.4 is 5.73 Å². The molecule has 0 spiro atoms. The van der Waals surface area contributed by atoms with Crippen LogP contribution in [0.25, 0.3) is 11.3 Å². The number of hydrogen-bond donors (Lipinski definition) is 1. The highest BCUT2D eigenvalue weighted by Gasteiger charge is 2.05. The van der Waals surface area contributed by atoms with Crippen molar-refractivity contribution in [1.82, 2.24) is 0 Å². The van der Waals surface area contributed by atoms with Crippen molar-refractivity contribution < 1.29 is 8.81 Å². The summed E-state index contributed by atoms with van der Waals surface area (Å²) in [7, 11) is 0. The third kappa shape index (κ3) is 2.46. The maximum atomic E-state index is 12.7. The van der Waals surface area contributed by atoms with Gasteiger partial charge in [0.25, 0.3) is 0 Å². The lowest BCUT2D eigenvalue weighted by molar-refractivity contribution is 0.540. The van der Waals surface area contributed by atoms with E-state index >= 15 is 0 Å². The number of furan rings is 1. The molecule has 0 aliphatic heterocycles. The van der Waals surface area contributed by atoms with Gasteiger partial charge in [0.15, 0.2) is 0 Å². The van der Waals surface area contributed by atoms with Gasteiger partial charge in [0, 0.05) is 5.56 Å². The second-order valence-corrected chi connectivity index (χ2v) is 3.94. The minimum absolute atomic E-state index is 0.265. The zero-order valence-corrected chi connectivity index (χ0v) is 9.26. The molecular formula is C12H10FNOS. The Morgan fingerprint density at radius 3 is 2.50 bits per heavy atom. The summed E-state index contributed by atoms with van der Waals surface area (Å²) in [6.07, 6.45) is 0.441. The van der Waals surface area contributed by atoms with Crippen molar-refractivity contribution in [3.8, 4) is 11.3 Å². The fourth-order valence-electron chi connectivity index (χ4n) is 1.41. The highest BCUT2D eigenvalue weighted by molar-refractivity contribution is 7.80. The molecule has 16 heavy (non-hydrogen) atoms. The summed E-state index contributed by atoms with van der Waals surface area (Å²) < 4.78 is 18.2. The van der Waals surface area contributed by atoms with E-state index in [-0.39, 0.29) is 5.82 Å². The van der Waals surface area contributed by atoms with E-state index in [4.69, 9.17) is 22.4 Å². The Labute approximate surface area is 97.9 Å². The Bertz CT molecular complexity index is 504. The van der Waals surface area contributed by atoms with Gasteiger partial charge in [-0.3, -0.25) is 0 Å². The highest BCUT2D eigenvalue weighted by Crippen LogP contribution is 2.22.